The second kappa shape index (κ2) is 4.84. The summed E-state index contributed by atoms with van der Waals surface area (Å²) in [4.78, 5) is 2.30. The Balaban J connectivity index is 2.14. The van der Waals surface area contributed by atoms with Gasteiger partial charge in [0, 0.05) is 36.6 Å². The van der Waals surface area contributed by atoms with Gasteiger partial charge in [0.25, 0.3) is 9.05 Å². The molecule has 0 aliphatic carbocycles. The van der Waals surface area contributed by atoms with Gasteiger partial charge in [-0.05, 0) is 30.7 Å². The molecule has 2 rings (SSSR count). The van der Waals surface area contributed by atoms with E-state index in [4.69, 9.17) is 15.4 Å². The summed E-state index contributed by atoms with van der Waals surface area (Å²) in [5.74, 6) is 0. The van der Waals surface area contributed by atoms with Crippen molar-refractivity contribution in [3.05, 3.63) is 24.3 Å². The van der Waals surface area contributed by atoms with Crippen molar-refractivity contribution in [2.45, 2.75) is 17.4 Å². The van der Waals surface area contributed by atoms with Gasteiger partial charge in [-0.25, -0.2) is 8.42 Å². The van der Waals surface area contributed by atoms with Crippen LogP contribution < -0.4 is 4.90 Å². The van der Waals surface area contributed by atoms with Crippen LogP contribution in [0.25, 0.3) is 0 Å². The Bertz CT molecular complexity index is 486. The number of nitrogens with zero attached hydrogens (tertiary/aromatic N) is 1. The van der Waals surface area contributed by atoms with Crippen LogP contribution in [0.5, 0.6) is 0 Å². The van der Waals surface area contributed by atoms with Crippen molar-refractivity contribution in [2.75, 3.05) is 25.1 Å². The van der Waals surface area contributed by atoms with Crippen molar-refractivity contribution < 1.29 is 13.2 Å². The lowest BCUT2D eigenvalue weighted by Crippen LogP contribution is -2.22. The molecule has 94 valence electrons. The molecule has 0 aromatic heterocycles. The molecule has 0 amide bonds. The SMILES string of the molecule is CO[C@@H]1CCN(c2ccc(S(=O)(=O)Cl)cc2)C1. The first-order valence-electron chi connectivity index (χ1n) is 5.33. The monoisotopic (exact) mass is 275 g/mol. The van der Waals surface area contributed by atoms with Gasteiger partial charge in [-0.1, -0.05) is 0 Å². The van der Waals surface area contributed by atoms with E-state index in [1.165, 1.54) is 12.1 Å². The quantitative estimate of drug-likeness (QED) is 0.790. The third kappa shape index (κ3) is 2.91. The third-order valence-corrected chi connectivity index (χ3v) is 4.33. The lowest BCUT2D eigenvalue weighted by molar-refractivity contribution is 0.121. The minimum absolute atomic E-state index is 0.130. The molecule has 1 fully saturated rings. The molecular formula is C11H14ClNO3S. The Morgan fingerprint density at radius 1 is 1.35 bits per heavy atom. The van der Waals surface area contributed by atoms with Crippen molar-refractivity contribution in [3.8, 4) is 0 Å². The van der Waals surface area contributed by atoms with Crippen LogP contribution in [0.3, 0.4) is 0 Å². The zero-order valence-electron chi connectivity index (χ0n) is 9.47. The summed E-state index contributed by atoms with van der Waals surface area (Å²) in [6.45, 7) is 1.76. The second-order valence-electron chi connectivity index (χ2n) is 4.02. The van der Waals surface area contributed by atoms with E-state index in [2.05, 4.69) is 4.90 Å². The zero-order valence-corrected chi connectivity index (χ0v) is 11.0. The van der Waals surface area contributed by atoms with Crippen LogP contribution in [-0.4, -0.2) is 34.7 Å². The molecule has 0 unspecified atom stereocenters. The topological polar surface area (TPSA) is 46.6 Å². The van der Waals surface area contributed by atoms with Crippen molar-refractivity contribution in [3.63, 3.8) is 0 Å². The van der Waals surface area contributed by atoms with Gasteiger partial charge in [-0.15, -0.1) is 0 Å². The van der Waals surface area contributed by atoms with E-state index in [0.29, 0.717) is 0 Å². The number of halogens is 1. The highest BCUT2D eigenvalue weighted by Crippen LogP contribution is 2.24. The average Bonchev–Trinajstić information content (AvgIpc) is 2.76. The molecule has 1 aliphatic heterocycles. The standard InChI is InChI=1S/C11H14ClNO3S/c1-16-10-6-7-13(8-10)9-2-4-11(5-3-9)17(12,14)15/h2-5,10H,6-8H2,1H3/t10-/m1/s1. The van der Waals surface area contributed by atoms with E-state index >= 15 is 0 Å². The van der Waals surface area contributed by atoms with Crippen LogP contribution in [0.15, 0.2) is 29.2 Å². The average molecular weight is 276 g/mol. The molecule has 1 aromatic carbocycles. The molecule has 1 atom stereocenters. The molecule has 0 bridgehead atoms. The molecule has 0 radical (unpaired) electrons. The predicted octanol–water partition coefficient (Wildman–Crippen LogP) is 1.84. The Hall–Kier alpha value is -0.780. The smallest absolute Gasteiger partial charge is 0.261 e. The summed E-state index contributed by atoms with van der Waals surface area (Å²) in [5, 5.41) is 0. The predicted molar refractivity (Wildman–Crippen MR) is 67.1 cm³/mol. The van der Waals surface area contributed by atoms with Crippen LogP contribution in [0.4, 0.5) is 5.69 Å². The Labute approximate surface area is 106 Å². The molecule has 1 aromatic rings. The van der Waals surface area contributed by atoms with Gasteiger partial charge in [-0.2, -0.15) is 0 Å². The minimum Gasteiger partial charge on any atom is -0.380 e. The highest BCUT2D eigenvalue weighted by Gasteiger charge is 2.22. The molecular weight excluding hydrogens is 262 g/mol. The summed E-state index contributed by atoms with van der Waals surface area (Å²) in [6.07, 6.45) is 1.25. The molecule has 17 heavy (non-hydrogen) atoms. The van der Waals surface area contributed by atoms with E-state index in [1.54, 1.807) is 19.2 Å². The van der Waals surface area contributed by atoms with Crippen molar-refractivity contribution in [1.82, 2.24) is 0 Å². The maximum Gasteiger partial charge on any atom is 0.261 e. The Morgan fingerprint density at radius 3 is 2.47 bits per heavy atom. The number of methoxy groups -OCH3 is 1. The maximum absolute atomic E-state index is 11.1. The van der Waals surface area contributed by atoms with Crippen LogP contribution in [0.2, 0.25) is 0 Å². The normalized spacial score (nSPS) is 20.8. The zero-order chi connectivity index (χ0) is 12.5. The summed E-state index contributed by atoms with van der Waals surface area (Å²) >= 11 is 0. The number of rotatable bonds is 3. The first-order chi connectivity index (χ1) is 8.00. The Morgan fingerprint density at radius 2 is 2.00 bits per heavy atom. The number of ether oxygens (including phenoxy) is 1. The highest BCUT2D eigenvalue weighted by molar-refractivity contribution is 8.13. The molecule has 0 saturated carbocycles. The van der Waals surface area contributed by atoms with E-state index < -0.39 is 9.05 Å². The second-order valence-corrected chi connectivity index (χ2v) is 6.59. The van der Waals surface area contributed by atoms with E-state index in [9.17, 15) is 8.42 Å². The minimum atomic E-state index is -3.63. The first kappa shape index (κ1) is 12.7. The van der Waals surface area contributed by atoms with Crippen molar-refractivity contribution in [1.29, 1.82) is 0 Å². The fraction of sp³-hybridized carbons (Fsp3) is 0.455. The van der Waals surface area contributed by atoms with Gasteiger partial charge in [0.05, 0.1) is 11.0 Å². The van der Waals surface area contributed by atoms with E-state index in [1.807, 2.05) is 0 Å². The molecule has 1 saturated heterocycles. The van der Waals surface area contributed by atoms with Gasteiger partial charge in [-0.3, -0.25) is 0 Å². The molecule has 6 heteroatoms. The summed E-state index contributed by atoms with van der Waals surface area (Å²) in [6, 6.07) is 6.59. The largest absolute Gasteiger partial charge is 0.380 e. The van der Waals surface area contributed by atoms with Gasteiger partial charge >= 0.3 is 0 Å². The third-order valence-electron chi connectivity index (χ3n) is 2.96. The number of hydrogen-bond donors (Lipinski definition) is 0. The van der Waals surface area contributed by atoms with Crippen molar-refractivity contribution >= 4 is 25.4 Å². The van der Waals surface area contributed by atoms with Crippen LogP contribution in [-0.2, 0) is 13.8 Å². The van der Waals surface area contributed by atoms with Crippen LogP contribution in [0, 0.1) is 0 Å². The lowest BCUT2D eigenvalue weighted by Gasteiger charge is -2.18. The first-order valence-corrected chi connectivity index (χ1v) is 7.64. The van der Waals surface area contributed by atoms with Gasteiger partial charge in [0.15, 0.2) is 0 Å². The summed E-state index contributed by atoms with van der Waals surface area (Å²) in [7, 11) is 3.33. The maximum atomic E-state index is 11.1. The Kier molecular flexibility index (Phi) is 3.61. The van der Waals surface area contributed by atoms with Gasteiger partial charge in [0.1, 0.15) is 0 Å². The van der Waals surface area contributed by atoms with E-state index in [0.717, 1.165) is 25.2 Å². The van der Waals surface area contributed by atoms with Gasteiger partial charge < -0.3 is 9.64 Å². The van der Waals surface area contributed by atoms with Crippen LogP contribution in [0.1, 0.15) is 6.42 Å². The number of anilines is 1. The molecule has 0 spiro atoms. The lowest BCUT2D eigenvalue weighted by atomic mass is 10.3. The molecule has 0 N–H and O–H groups in total. The summed E-state index contributed by atoms with van der Waals surface area (Å²) < 4.78 is 27.5. The van der Waals surface area contributed by atoms with Gasteiger partial charge in [0.2, 0.25) is 0 Å². The van der Waals surface area contributed by atoms with Crippen molar-refractivity contribution in [2.24, 2.45) is 0 Å². The molecule has 1 aliphatic rings. The molecule has 4 nitrogen and oxygen atoms in total. The summed E-state index contributed by atoms with van der Waals surface area (Å²) in [5.41, 5.74) is 0.994. The van der Waals surface area contributed by atoms with E-state index in [-0.39, 0.29) is 11.0 Å². The number of benzene rings is 1. The van der Waals surface area contributed by atoms with Crippen LogP contribution >= 0.6 is 10.7 Å². The highest BCUT2D eigenvalue weighted by atomic mass is 35.7. The fourth-order valence-corrected chi connectivity index (χ4v) is 2.74. The fourth-order valence-electron chi connectivity index (χ4n) is 1.97. The number of hydrogen-bond acceptors (Lipinski definition) is 4. The molecule has 1 heterocycles.